The maximum Gasteiger partial charge on any atom is 0.234 e. The molecule has 3 aromatic carbocycles. The normalized spacial score (nSPS) is 13.0. The van der Waals surface area contributed by atoms with Crippen LogP contribution < -0.4 is 5.32 Å². The van der Waals surface area contributed by atoms with Gasteiger partial charge in [-0.1, -0.05) is 41.9 Å². The summed E-state index contributed by atoms with van der Waals surface area (Å²) < 4.78 is 0. The average molecular weight is 448 g/mol. The van der Waals surface area contributed by atoms with Gasteiger partial charge in [-0.3, -0.25) is 9.79 Å². The first-order chi connectivity index (χ1) is 15.0. The van der Waals surface area contributed by atoms with E-state index in [0.29, 0.717) is 11.4 Å². The highest BCUT2D eigenvalue weighted by Gasteiger charge is 2.17. The summed E-state index contributed by atoms with van der Waals surface area (Å²) in [5.41, 5.74) is 6.80. The summed E-state index contributed by atoms with van der Waals surface area (Å²) in [6.45, 7) is 4.16. The third-order valence-electron chi connectivity index (χ3n) is 5.01. The maximum absolute atomic E-state index is 12.5. The Labute approximate surface area is 191 Å². The monoisotopic (exact) mass is 447 g/mol. The van der Waals surface area contributed by atoms with Crippen LogP contribution in [0.2, 0.25) is 5.02 Å². The van der Waals surface area contributed by atoms with Gasteiger partial charge in [-0.15, -0.1) is 11.8 Å². The van der Waals surface area contributed by atoms with Crippen molar-refractivity contribution in [1.82, 2.24) is 0 Å². The quantitative estimate of drug-likeness (QED) is 0.473. The van der Waals surface area contributed by atoms with E-state index in [1.54, 1.807) is 24.3 Å². The largest absolute Gasteiger partial charge is 0.325 e. The first-order valence-electron chi connectivity index (χ1n) is 9.98. The summed E-state index contributed by atoms with van der Waals surface area (Å²) in [7, 11) is 0. The van der Waals surface area contributed by atoms with E-state index in [0.717, 1.165) is 33.4 Å². The number of hydrogen-bond donors (Lipinski definition) is 1. The van der Waals surface area contributed by atoms with Crippen LogP contribution in [-0.2, 0) is 4.79 Å². The molecule has 0 atom stereocenters. The number of benzene rings is 3. The number of hydrogen-bond acceptors (Lipinski definition) is 4. The summed E-state index contributed by atoms with van der Waals surface area (Å²) in [5.74, 6) is 0.182. The predicted octanol–water partition coefficient (Wildman–Crippen LogP) is 6.88. The molecule has 1 amide bonds. The number of anilines is 1. The second-order valence-corrected chi connectivity index (χ2v) is 8.86. The Kier molecular flexibility index (Phi) is 6.54. The zero-order valence-corrected chi connectivity index (χ0v) is 18.9. The van der Waals surface area contributed by atoms with E-state index in [1.807, 2.05) is 18.2 Å². The van der Waals surface area contributed by atoms with E-state index in [1.165, 1.54) is 22.9 Å². The second kappa shape index (κ2) is 9.50. The van der Waals surface area contributed by atoms with E-state index >= 15 is 0 Å². The van der Waals surface area contributed by atoms with Crippen molar-refractivity contribution >= 4 is 57.1 Å². The van der Waals surface area contributed by atoms with Crippen molar-refractivity contribution in [3.05, 3.63) is 88.4 Å². The lowest BCUT2D eigenvalue weighted by atomic mass is 10.1. The summed E-state index contributed by atoms with van der Waals surface area (Å²) in [5, 5.41) is 4.41. The number of thioether (sulfide) groups is 1. The lowest BCUT2D eigenvalue weighted by Crippen LogP contribution is -2.16. The molecule has 0 aromatic heterocycles. The van der Waals surface area contributed by atoms with Gasteiger partial charge in [0.2, 0.25) is 5.91 Å². The highest BCUT2D eigenvalue weighted by molar-refractivity contribution is 8.14. The number of halogens is 1. The third-order valence-corrected chi connectivity index (χ3v) is 6.24. The van der Waals surface area contributed by atoms with Crippen molar-refractivity contribution in [3.63, 3.8) is 0 Å². The van der Waals surface area contributed by atoms with Gasteiger partial charge in [0.15, 0.2) is 0 Å². The molecule has 0 saturated carbocycles. The molecule has 0 spiro atoms. The number of aryl methyl sites for hydroxylation is 2. The van der Waals surface area contributed by atoms with Gasteiger partial charge in [-0.25, -0.2) is 4.99 Å². The first-order valence-corrected chi connectivity index (χ1v) is 11.3. The van der Waals surface area contributed by atoms with Crippen LogP contribution in [0.5, 0.6) is 0 Å². The topological polar surface area (TPSA) is 53.8 Å². The van der Waals surface area contributed by atoms with Gasteiger partial charge in [0.1, 0.15) is 0 Å². The number of amides is 1. The minimum Gasteiger partial charge on any atom is -0.325 e. The molecule has 156 valence electrons. The molecule has 1 N–H and O–H groups in total. The van der Waals surface area contributed by atoms with Crippen LogP contribution in [0.4, 0.5) is 17.1 Å². The molecule has 1 heterocycles. The molecule has 6 heteroatoms. The van der Waals surface area contributed by atoms with Gasteiger partial charge in [-0.05, 0) is 66.9 Å². The van der Waals surface area contributed by atoms with Crippen LogP contribution >= 0.6 is 23.4 Å². The lowest BCUT2D eigenvalue weighted by Gasteiger charge is -2.08. The van der Waals surface area contributed by atoms with E-state index in [4.69, 9.17) is 21.6 Å². The molecule has 0 saturated heterocycles. The minimum atomic E-state index is -0.0854. The van der Waals surface area contributed by atoms with Crippen molar-refractivity contribution in [1.29, 1.82) is 0 Å². The van der Waals surface area contributed by atoms with Gasteiger partial charge in [0.25, 0.3) is 0 Å². The van der Waals surface area contributed by atoms with Crippen LogP contribution in [0.25, 0.3) is 0 Å². The number of nitrogens with one attached hydrogen (secondary N) is 1. The van der Waals surface area contributed by atoms with Crippen molar-refractivity contribution in [3.8, 4) is 0 Å². The van der Waals surface area contributed by atoms with Crippen LogP contribution in [0.15, 0.2) is 76.7 Å². The maximum atomic E-state index is 12.5. The lowest BCUT2D eigenvalue weighted by molar-refractivity contribution is -0.113. The van der Waals surface area contributed by atoms with Crippen molar-refractivity contribution in [2.75, 3.05) is 11.1 Å². The Balaban J connectivity index is 1.56. The van der Waals surface area contributed by atoms with Gasteiger partial charge >= 0.3 is 0 Å². The van der Waals surface area contributed by atoms with Gasteiger partial charge in [-0.2, -0.15) is 0 Å². The summed E-state index contributed by atoms with van der Waals surface area (Å²) in [4.78, 5) is 22.3. The van der Waals surface area contributed by atoms with Gasteiger partial charge in [0.05, 0.1) is 27.9 Å². The van der Waals surface area contributed by atoms with Crippen LogP contribution in [0, 0.1) is 13.8 Å². The highest BCUT2D eigenvalue weighted by atomic mass is 35.5. The molecule has 0 fully saturated rings. The zero-order valence-electron chi connectivity index (χ0n) is 17.4. The van der Waals surface area contributed by atoms with Gasteiger partial charge < -0.3 is 5.32 Å². The number of carbonyl (C=O) groups excluding carboxylic acids is 1. The Morgan fingerprint density at radius 3 is 2.29 bits per heavy atom. The number of carbonyl (C=O) groups is 1. The predicted molar refractivity (Wildman–Crippen MR) is 133 cm³/mol. The SMILES string of the molecule is Cc1cc2c(cc1C)N=C(c1ccccc1)CC(SCC(=O)Nc1ccc(Cl)cc1)=N2. The first kappa shape index (κ1) is 21.3. The van der Waals surface area contributed by atoms with Gasteiger partial charge in [0, 0.05) is 17.1 Å². The summed E-state index contributed by atoms with van der Waals surface area (Å²) in [6, 6.07) is 21.3. The van der Waals surface area contributed by atoms with Crippen LogP contribution in [-0.4, -0.2) is 22.4 Å². The standard InChI is InChI=1S/C25H22ClN3OS/c1-16-12-22-23(13-17(16)2)29-25(14-21(28-22)18-6-4-3-5-7-18)31-15-24(30)27-20-10-8-19(26)9-11-20/h3-13H,14-15H2,1-2H3,(H,27,30). The number of nitrogens with zero attached hydrogens (tertiary/aromatic N) is 2. The zero-order chi connectivity index (χ0) is 21.8. The Morgan fingerprint density at radius 2 is 1.61 bits per heavy atom. The van der Waals surface area contributed by atoms with E-state index < -0.39 is 0 Å². The summed E-state index contributed by atoms with van der Waals surface area (Å²) >= 11 is 7.35. The molecule has 0 bridgehead atoms. The molecule has 4 nitrogen and oxygen atoms in total. The van der Waals surface area contributed by atoms with Crippen LogP contribution in [0.1, 0.15) is 23.1 Å². The molecule has 31 heavy (non-hydrogen) atoms. The Bertz CT molecular complexity index is 1170. The smallest absolute Gasteiger partial charge is 0.234 e. The van der Waals surface area contributed by atoms with E-state index in [-0.39, 0.29) is 11.7 Å². The molecule has 1 aliphatic heterocycles. The number of rotatable bonds is 4. The van der Waals surface area contributed by atoms with E-state index in [9.17, 15) is 4.79 Å². The van der Waals surface area contributed by atoms with Crippen molar-refractivity contribution in [2.45, 2.75) is 20.3 Å². The number of fused-ring (bicyclic) bond motifs is 1. The summed E-state index contributed by atoms with van der Waals surface area (Å²) in [6.07, 6.45) is 0.579. The molecule has 3 aromatic rings. The fraction of sp³-hybridized carbons (Fsp3) is 0.160. The fourth-order valence-electron chi connectivity index (χ4n) is 3.23. The molecule has 0 unspecified atom stereocenters. The van der Waals surface area contributed by atoms with E-state index in [2.05, 4.69) is 43.4 Å². The minimum absolute atomic E-state index is 0.0854. The molecule has 0 aliphatic carbocycles. The molecule has 1 aliphatic rings. The molecule has 0 radical (unpaired) electrons. The Hall–Kier alpha value is -2.89. The molecule has 4 rings (SSSR count). The average Bonchev–Trinajstić information content (AvgIpc) is 2.94. The van der Waals surface area contributed by atoms with Crippen LogP contribution in [0.3, 0.4) is 0 Å². The fourth-order valence-corrected chi connectivity index (χ4v) is 4.12. The molecular formula is C25H22ClN3OS. The Morgan fingerprint density at radius 1 is 0.968 bits per heavy atom. The van der Waals surface area contributed by atoms with Crippen molar-refractivity contribution < 1.29 is 4.79 Å². The van der Waals surface area contributed by atoms with Crippen molar-refractivity contribution in [2.24, 2.45) is 9.98 Å². The molecular weight excluding hydrogens is 426 g/mol. The third kappa shape index (κ3) is 5.43. The second-order valence-electron chi connectivity index (χ2n) is 7.38. The highest BCUT2D eigenvalue weighted by Crippen LogP contribution is 2.36. The number of aliphatic imine (C=N–C) groups is 2.